The summed E-state index contributed by atoms with van der Waals surface area (Å²) in [7, 11) is 1.33. The normalized spacial score (nSPS) is 16.5. The molecule has 3 heterocycles. The quantitative estimate of drug-likeness (QED) is 0.439. The smallest absolute Gasteiger partial charge is 0.268 e. The maximum atomic E-state index is 13.4. The van der Waals surface area contributed by atoms with E-state index in [1.807, 2.05) is 0 Å². The van der Waals surface area contributed by atoms with Crippen LogP contribution in [-0.4, -0.2) is 51.2 Å². The number of amides is 2. The minimum absolute atomic E-state index is 0.0346. The lowest BCUT2D eigenvalue weighted by Crippen LogP contribution is -2.56. The number of aromatic hydroxyl groups is 1. The van der Waals surface area contributed by atoms with Crippen LogP contribution in [0.1, 0.15) is 42.3 Å². The lowest BCUT2D eigenvalue weighted by atomic mass is 9.98. The van der Waals surface area contributed by atoms with E-state index >= 15 is 0 Å². The third-order valence-electron chi connectivity index (χ3n) is 6.28. The monoisotopic (exact) mass is 507 g/mol. The van der Waals surface area contributed by atoms with Crippen LogP contribution in [0.2, 0.25) is 0 Å². The SMILES string of the molecule is [C-]#[N+]C(C)(C)CNC(=O)[C@@]1(C)Cn2c(=O)c(C(=O)NC)c(O)c3ncc(Cc4ccc(F)cc4)c(c32)O1. The summed E-state index contributed by atoms with van der Waals surface area (Å²) in [4.78, 5) is 47.0. The first-order valence-electron chi connectivity index (χ1n) is 11.5. The van der Waals surface area contributed by atoms with Gasteiger partial charge in [0, 0.05) is 39.1 Å². The van der Waals surface area contributed by atoms with Crippen molar-refractivity contribution in [3.05, 3.63) is 74.7 Å². The third kappa shape index (κ3) is 4.58. The third-order valence-corrected chi connectivity index (χ3v) is 6.28. The van der Waals surface area contributed by atoms with Crippen molar-refractivity contribution in [2.75, 3.05) is 13.6 Å². The predicted octanol–water partition coefficient (Wildman–Crippen LogP) is 2.16. The van der Waals surface area contributed by atoms with Crippen molar-refractivity contribution in [1.82, 2.24) is 20.2 Å². The van der Waals surface area contributed by atoms with Crippen LogP contribution >= 0.6 is 0 Å². The Morgan fingerprint density at radius 2 is 2.00 bits per heavy atom. The molecule has 0 saturated carbocycles. The van der Waals surface area contributed by atoms with Gasteiger partial charge in [0.25, 0.3) is 17.4 Å². The molecule has 3 N–H and O–H groups in total. The Morgan fingerprint density at radius 1 is 1.32 bits per heavy atom. The summed E-state index contributed by atoms with van der Waals surface area (Å²) in [6.45, 7) is 11.9. The van der Waals surface area contributed by atoms with Gasteiger partial charge in [0.1, 0.15) is 22.4 Å². The molecule has 1 atom stereocenters. The minimum atomic E-state index is -1.60. The number of hydrogen-bond donors (Lipinski definition) is 3. The van der Waals surface area contributed by atoms with E-state index < -0.39 is 45.6 Å². The summed E-state index contributed by atoms with van der Waals surface area (Å²) >= 11 is 0. The molecule has 0 radical (unpaired) electrons. The topological polar surface area (TPSA) is 127 Å². The Balaban J connectivity index is 1.90. The Bertz CT molecular complexity index is 1520. The van der Waals surface area contributed by atoms with Gasteiger partial charge >= 0.3 is 0 Å². The van der Waals surface area contributed by atoms with E-state index in [0.29, 0.717) is 5.56 Å². The second-order valence-corrected chi connectivity index (χ2v) is 9.75. The van der Waals surface area contributed by atoms with Crippen molar-refractivity contribution in [3.63, 3.8) is 0 Å². The highest BCUT2D eigenvalue weighted by molar-refractivity contribution is 6.02. The molecule has 4 rings (SSSR count). The van der Waals surface area contributed by atoms with Gasteiger partial charge in [-0.25, -0.2) is 11.0 Å². The maximum Gasteiger partial charge on any atom is 0.268 e. The molecule has 1 aliphatic rings. The second-order valence-electron chi connectivity index (χ2n) is 9.75. The molecule has 10 nitrogen and oxygen atoms in total. The Hall–Kier alpha value is -4.46. The first kappa shape index (κ1) is 25.6. The molecular formula is C26H26FN5O5. The summed E-state index contributed by atoms with van der Waals surface area (Å²) < 4.78 is 20.9. The number of ether oxygens (including phenoxy) is 1. The van der Waals surface area contributed by atoms with Crippen LogP contribution in [0.5, 0.6) is 11.5 Å². The van der Waals surface area contributed by atoms with E-state index in [1.165, 1.54) is 36.9 Å². The molecule has 0 fully saturated rings. The van der Waals surface area contributed by atoms with E-state index in [0.717, 1.165) is 5.56 Å². The molecule has 0 spiro atoms. The van der Waals surface area contributed by atoms with E-state index in [4.69, 9.17) is 11.3 Å². The fourth-order valence-corrected chi connectivity index (χ4v) is 4.14. The lowest BCUT2D eigenvalue weighted by Gasteiger charge is -2.36. The number of pyridine rings is 2. The second kappa shape index (κ2) is 9.20. The predicted molar refractivity (Wildman–Crippen MR) is 133 cm³/mol. The van der Waals surface area contributed by atoms with Gasteiger partial charge in [0.2, 0.25) is 11.1 Å². The van der Waals surface area contributed by atoms with Crippen LogP contribution in [0.3, 0.4) is 0 Å². The van der Waals surface area contributed by atoms with Gasteiger partial charge in [-0.3, -0.25) is 23.9 Å². The number of halogens is 1. The van der Waals surface area contributed by atoms with Crippen molar-refractivity contribution >= 4 is 22.8 Å². The molecule has 1 aliphatic heterocycles. The summed E-state index contributed by atoms with van der Waals surface area (Å²) in [5.41, 5.74) is -2.45. The van der Waals surface area contributed by atoms with Crippen LogP contribution in [0.4, 0.5) is 4.39 Å². The van der Waals surface area contributed by atoms with E-state index in [-0.39, 0.29) is 36.3 Å². The number of carbonyl (C=O) groups is 2. The van der Waals surface area contributed by atoms with Crippen molar-refractivity contribution in [2.24, 2.45) is 0 Å². The molecule has 0 aliphatic carbocycles. The van der Waals surface area contributed by atoms with Crippen LogP contribution in [0.15, 0.2) is 35.3 Å². The first-order chi connectivity index (χ1) is 17.4. The number of nitrogens with one attached hydrogen (secondary N) is 2. The molecule has 3 aromatic rings. The van der Waals surface area contributed by atoms with Crippen LogP contribution < -0.4 is 20.9 Å². The summed E-state index contributed by atoms with van der Waals surface area (Å²) in [5, 5.41) is 15.9. The number of aromatic nitrogens is 2. The summed E-state index contributed by atoms with van der Waals surface area (Å²) in [6.07, 6.45) is 1.65. The molecule has 11 heteroatoms. The Kier molecular flexibility index (Phi) is 6.37. The van der Waals surface area contributed by atoms with Gasteiger partial charge in [0.05, 0.1) is 13.1 Å². The molecule has 37 heavy (non-hydrogen) atoms. The number of nitrogens with zero attached hydrogens (tertiary/aromatic N) is 3. The van der Waals surface area contributed by atoms with E-state index in [1.54, 1.807) is 26.0 Å². The Morgan fingerprint density at radius 3 is 2.62 bits per heavy atom. The molecule has 1 aromatic carbocycles. The van der Waals surface area contributed by atoms with Crippen LogP contribution in [0, 0.1) is 12.4 Å². The van der Waals surface area contributed by atoms with Gasteiger partial charge in [-0.2, -0.15) is 0 Å². The zero-order chi connectivity index (χ0) is 27.1. The lowest BCUT2D eigenvalue weighted by molar-refractivity contribution is -0.137. The molecule has 0 unspecified atom stereocenters. The molecule has 2 aromatic heterocycles. The van der Waals surface area contributed by atoms with E-state index in [2.05, 4.69) is 20.5 Å². The number of rotatable bonds is 6. The number of hydrogen-bond acceptors (Lipinski definition) is 6. The van der Waals surface area contributed by atoms with Gasteiger partial charge in [0.15, 0.2) is 11.5 Å². The zero-order valence-corrected chi connectivity index (χ0v) is 20.8. The maximum absolute atomic E-state index is 13.4. The van der Waals surface area contributed by atoms with Crippen molar-refractivity contribution in [2.45, 2.75) is 44.9 Å². The van der Waals surface area contributed by atoms with Gasteiger partial charge < -0.3 is 25.3 Å². The molecule has 0 bridgehead atoms. The summed E-state index contributed by atoms with van der Waals surface area (Å²) in [5.74, 6) is -2.22. The number of carbonyl (C=O) groups excluding carboxylic acids is 2. The van der Waals surface area contributed by atoms with Gasteiger partial charge in [-0.15, -0.1) is 0 Å². The van der Waals surface area contributed by atoms with Crippen LogP contribution in [0.25, 0.3) is 15.9 Å². The van der Waals surface area contributed by atoms with Crippen molar-refractivity contribution in [1.29, 1.82) is 0 Å². The average molecular weight is 508 g/mol. The molecule has 192 valence electrons. The molecular weight excluding hydrogens is 481 g/mol. The Labute approximate surface area is 211 Å². The first-order valence-corrected chi connectivity index (χ1v) is 11.5. The van der Waals surface area contributed by atoms with E-state index in [9.17, 15) is 23.9 Å². The van der Waals surface area contributed by atoms with Crippen molar-refractivity contribution in [3.8, 4) is 11.5 Å². The highest BCUT2D eigenvalue weighted by atomic mass is 19.1. The van der Waals surface area contributed by atoms with Crippen LogP contribution in [-0.2, 0) is 17.8 Å². The van der Waals surface area contributed by atoms with Gasteiger partial charge in [-0.05, 0) is 24.6 Å². The number of benzene rings is 1. The fourth-order valence-electron chi connectivity index (χ4n) is 4.14. The average Bonchev–Trinajstić information content (AvgIpc) is 2.87. The largest absolute Gasteiger partial charge is 0.505 e. The zero-order valence-electron chi connectivity index (χ0n) is 20.8. The fraction of sp³-hybridized carbons (Fsp3) is 0.346. The highest BCUT2D eigenvalue weighted by Gasteiger charge is 2.44. The molecule has 0 saturated heterocycles. The highest BCUT2D eigenvalue weighted by Crippen LogP contribution is 2.40. The summed E-state index contributed by atoms with van der Waals surface area (Å²) in [6, 6.07) is 5.80. The van der Waals surface area contributed by atoms with Gasteiger partial charge in [-0.1, -0.05) is 12.1 Å². The van der Waals surface area contributed by atoms with Crippen molar-refractivity contribution < 1.29 is 23.8 Å². The minimum Gasteiger partial charge on any atom is -0.505 e. The molecule has 2 amide bonds. The standard InChI is InChI=1S/C26H26FN5O5/c1-25(2,29-5)12-31-24(36)26(3)13-32-19-18(20(33)17(23(32)35)22(34)28-4)30-11-15(21(19)37-26)10-14-6-8-16(27)9-7-14/h6-9,11,33H,10,12-13H2,1-4H3,(H,28,34)(H,31,36)/t26-/m1/s1.